The molecule has 1 fully saturated rings. The van der Waals surface area contributed by atoms with E-state index in [2.05, 4.69) is 10.2 Å². The van der Waals surface area contributed by atoms with E-state index in [0.29, 0.717) is 36.1 Å². The van der Waals surface area contributed by atoms with Gasteiger partial charge in [0.15, 0.2) is 6.61 Å². The van der Waals surface area contributed by atoms with Crippen molar-refractivity contribution >= 4 is 29.2 Å². The van der Waals surface area contributed by atoms with Crippen molar-refractivity contribution in [3.8, 4) is 5.75 Å². The third-order valence-corrected chi connectivity index (χ3v) is 4.83. The molecule has 3 amide bonds. The normalized spacial score (nSPS) is 14.5. The summed E-state index contributed by atoms with van der Waals surface area (Å²) < 4.78 is 18.6. The Morgan fingerprint density at radius 3 is 2.45 bits per heavy atom. The molecule has 0 atom stereocenters. The van der Waals surface area contributed by atoms with Crippen LogP contribution in [0.2, 0.25) is 5.02 Å². The Hall–Kier alpha value is -2.84. The van der Waals surface area contributed by atoms with Gasteiger partial charge < -0.3 is 20.7 Å². The Bertz CT molecular complexity index is 871. The quantitative estimate of drug-likeness (QED) is 0.752. The SMILES string of the molecule is NC(=O)Nc1cc(Cl)ccc1OCC(=O)N1CCN(Cc2ccc(F)cc2)CC1. The van der Waals surface area contributed by atoms with Gasteiger partial charge in [-0.1, -0.05) is 23.7 Å². The summed E-state index contributed by atoms with van der Waals surface area (Å²) >= 11 is 5.92. The van der Waals surface area contributed by atoms with E-state index in [-0.39, 0.29) is 18.3 Å². The second-order valence-electron chi connectivity index (χ2n) is 6.70. The molecule has 0 aromatic heterocycles. The number of carbonyl (C=O) groups is 2. The van der Waals surface area contributed by atoms with E-state index in [1.807, 2.05) is 0 Å². The number of carbonyl (C=O) groups excluding carboxylic acids is 2. The van der Waals surface area contributed by atoms with E-state index in [9.17, 15) is 14.0 Å². The second kappa shape index (κ2) is 9.58. The number of ether oxygens (including phenoxy) is 1. The van der Waals surface area contributed by atoms with Crippen LogP contribution in [0.1, 0.15) is 5.56 Å². The van der Waals surface area contributed by atoms with E-state index < -0.39 is 6.03 Å². The van der Waals surface area contributed by atoms with E-state index in [1.165, 1.54) is 18.2 Å². The summed E-state index contributed by atoms with van der Waals surface area (Å²) in [7, 11) is 0. The highest BCUT2D eigenvalue weighted by molar-refractivity contribution is 6.31. The van der Waals surface area contributed by atoms with Crippen LogP contribution < -0.4 is 15.8 Å². The van der Waals surface area contributed by atoms with Gasteiger partial charge >= 0.3 is 6.03 Å². The predicted octanol–water partition coefficient (Wildman–Crippen LogP) is 2.69. The number of urea groups is 1. The molecule has 1 aliphatic heterocycles. The van der Waals surface area contributed by atoms with E-state index >= 15 is 0 Å². The average Bonchev–Trinajstić information content (AvgIpc) is 2.69. The molecule has 7 nitrogen and oxygen atoms in total. The monoisotopic (exact) mass is 420 g/mol. The molecule has 2 aromatic rings. The number of halogens is 2. The highest BCUT2D eigenvalue weighted by atomic mass is 35.5. The number of hydrogen-bond donors (Lipinski definition) is 2. The predicted molar refractivity (Wildman–Crippen MR) is 108 cm³/mol. The summed E-state index contributed by atoms with van der Waals surface area (Å²) in [5.74, 6) is -0.0815. The highest BCUT2D eigenvalue weighted by Crippen LogP contribution is 2.28. The van der Waals surface area contributed by atoms with Gasteiger partial charge in [0.05, 0.1) is 5.69 Å². The average molecular weight is 421 g/mol. The molecule has 0 saturated carbocycles. The second-order valence-corrected chi connectivity index (χ2v) is 7.14. The minimum Gasteiger partial charge on any atom is -0.482 e. The van der Waals surface area contributed by atoms with Gasteiger partial charge in [0.1, 0.15) is 11.6 Å². The van der Waals surface area contributed by atoms with Crippen molar-refractivity contribution in [1.82, 2.24) is 9.80 Å². The van der Waals surface area contributed by atoms with Crippen LogP contribution in [0.3, 0.4) is 0 Å². The van der Waals surface area contributed by atoms with Crippen molar-refractivity contribution in [1.29, 1.82) is 0 Å². The number of rotatable bonds is 6. The molecular formula is C20H22ClFN4O3. The molecule has 0 bridgehead atoms. The topological polar surface area (TPSA) is 87.9 Å². The Balaban J connectivity index is 1.49. The number of piperazine rings is 1. The van der Waals surface area contributed by atoms with Crippen LogP contribution in [-0.4, -0.2) is 54.5 Å². The summed E-state index contributed by atoms with van der Waals surface area (Å²) in [5, 5.41) is 2.83. The lowest BCUT2D eigenvalue weighted by Gasteiger charge is -2.34. The molecule has 154 valence electrons. The van der Waals surface area contributed by atoms with Crippen LogP contribution in [0.5, 0.6) is 5.75 Å². The smallest absolute Gasteiger partial charge is 0.316 e. The lowest BCUT2D eigenvalue weighted by Crippen LogP contribution is -2.49. The highest BCUT2D eigenvalue weighted by Gasteiger charge is 2.22. The van der Waals surface area contributed by atoms with Gasteiger partial charge in [0, 0.05) is 37.7 Å². The molecule has 1 aliphatic rings. The van der Waals surface area contributed by atoms with Crippen LogP contribution in [0, 0.1) is 5.82 Å². The first kappa shape index (κ1) is 20.9. The van der Waals surface area contributed by atoms with Crippen molar-refractivity contribution in [2.75, 3.05) is 38.1 Å². The van der Waals surface area contributed by atoms with E-state index in [0.717, 1.165) is 18.7 Å². The number of nitrogens with two attached hydrogens (primary N) is 1. The molecule has 0 radical (unpaired) electrons. The zero-order valence-corrected chi connectivity index (χ0v) is 16.5. The minimum atomic E-state index is -0.749. The lowest BCUT2D eigenvalue weighted by molar-refractivity contribution is -0.135. The summed E-state index contributed by atoms with van der Waals surface area (Å²) in [4.78, 5) is 27.5. The number of benzene rings is 2. The molecule has 3 N–H and O–H groups in total. The van der Waals surface area contributed by atoms with Gasteiger partial charge in [-0.25, -0.2) is 9.18 Å². The van der Waals surface area contributed by atoms with Crippen molar-refractivity contribution < 1.29 is 18.7 Å². The summed E-state index contributed by atoms with van der Waals surface area (Å²) in [6.07, 6.45) is 0. The molecular weight excluding hydrogens is 399 g/mol. The lowest BCUT2D eigenvalue weighted by atomic mass is 10.2. The summed E-state index contributed by atoms with van der Waals surface area (Å²) in [5.41, 5.74) is 6.49. The molecule has 0 spiro atoms. The van der Waals surface area contributed by atoms with Crippen LogP contribution in [0.15, 0.2) is 42.5 Å². The van der Waals surface area contributed by atoms with Crippen molar-refractivity contribution in [3.05, 3.63) is 58.9 Å². The van der Waals surface area contributed by atoms with Gasteiger partial charge in [-0.2, -0.15) is 0 Å². The molecule has 1 heterocycles. The Morgan fingerprint density at radius 2 is 1.79 bits per heavy atom. The van der Waals surface area contributed by atoms with Gasteiger partial charge in [-0.05, 0) is 35.9 Å². The fraction of sp³-hybridized carbons (Fsp3) is 0.300. The van der Waals surface area contributed by atoms with Crippen molar-refractivity contribution in [2.24, 2.45) is 5.73 Å². The number of anilines is 1. The first-order valence-corrected chi connectivity index (χ1v) is 9.52. The van der Waals surface area contributed by atoms with Gasteiger partial charge in [0.2, 0.25) is 0 Å². The maximum absolute atomic E-state index is 13.0. The van der Waals surface area contributed by atoms with E-state index in [4.69, 9.17) is 22.1 Å². The summed E-state index contributed by atoms with van der Waals surface area (Å²) in [6, 6.07) is 10.4. The third kappa shape index (κ3) is 6.07. The fourth-order valence-electron chi connectivity index (χ4n) is 3.09. The first-order valence-electron chi connectivity index (χ1n) is 9.14. The number of nitrogens with one attached hydrogen (secondary N) is 1. The molecule has 1 saturated heterocycles. The Morgan fingerprint density at radius 1 is 1.10 bits per heavy atom. The molecule has 0 unspecified atom stereocenters. The number of primary amides is 1. The van der Waals surface area contributed by atoms with Crippen LogP contribution in [0.25, 0.3) is 0 Å². The molecule has 3 rings (SSSR count). The molecule has 29 heavy (non-hydrogen) atoms. The number of nitrogens with zero attached hydrogens (tertiary/aromatic N) is 2. The third-order valence-electron chi connectivity index (χ3n) is 4.60. The summed E-state index contributed by atoms with van der Waals surface area (Å²) in [6.45, 7) is 3.16. The molecule has 9 heteroatoms. The Labute approximate surface area is 173 Å². The molecule has 2 aromatic carbocycles. The van der Waals surface area contributed by atoms with Crippen molar-refractivity contribution in [3.63, 3.8) is 0 Å². The number of amides is 3. The molecule has 0 aliphatic carbocycles. The van der Waals surface area contributed by atoms with Gasteiger partial charge in [-0.15, -0.1) is 0 Å². The van der Waals surface area contributed by atoms with Gasteiger partial charge in [-0.3, -0.25) is 9.69 Å². The zero-order valence-electron chi connectivity index (χ0n) is 15.7. The first-order chi connectivity index (χ1) is 13.9. The van der Waals surface area contributed by atoms with Crippen LogP contribution >= 0.6 is 11.6 Å². The van der Waals surface area contributed by atoms with Crippen LogP contribution in [-0.2, 0) is 11.3 Å². The zero-order chi connectivity index (χ0) is 20.8. The largest absolute Gasteiger partial charge is 0.482 e. The van der Waals surface area contributed by atoms with Gasteiger partial charge in [0.25, 0.3) is 5.91 Å². The number of hydrogen-bond acceptors (Lipinski definition) is 4. The van der Waals surface area contributed by atoms with E-state index in [1.54, 1.807) is 29.2 Å². The van der Waals surface area contributed by atoms with Crippen molar-refractivity contribution in [2.45, 2.75) is 6.54 Å². The fourth-order valence-corrected chi connectivity index (χ4v) is 3.26. The minimum absolute atomic E-state index is 0.147. The maximum Gasteiger partial charge on any atom is 0.316 e. The Kier molecular flexibility index (Phi) is 6.90. The van der Waals surface area contributed by atoms with Crippen LogP contribution in [0.4, 0.5) is 14.9 Å². The standard InChI is InChI=1S/C20H22ClFN4O3/c21-15-3-6-18(17(11-15)24-20(23)28)29-13-19(27)26-9-7-25(8-10-26)12-14-1-4-16(22)5-2-14/h1-6,11H,7-10,12-13H2,(H3,23,24,28). The maximum atomic E-state index is 13.0.